The van der Waals surface area contributed by atoms with Gasteiger partial charge in [0.05, 0.1) is 17.0 Å². The zero-order valence-corrected chi connectivity index (χ0v) is 10.9. The maximum Gasteiger partial charge on any atom is 0.326 e. The molecule has 1 unspecified atom stereocenters. The fourth-order valence-corrected chi connectivity index (χ4v) is 1.57. The summed E-state index contributed by atoms with van der Waals surface area (Å²) in [5, 5.41) is 11.0. The third-order valence-electron chi connectivity index (χ3n) is 2.08. The first kappa shape index (κ1) is 15.2. The molecule has 1 heterocycles. The molecule has 102 valence electrons. The van der Waals surface area contributed by atoms with Crippen LogP contribution in [-0.2, 0) is 9.59 Å². The second-order valence-electron chi connectivity index (χ2n) is 3.52. The number of primary amides is 1. The second kappa shape index (κ2) is 6.35. The Hall–Kier alpha value is -1.86. The Morgan fingerprint density at radius 3 is 2.58 bits per heavy atom. The average molecular weight is 306 g/mol. The first-order chi connectivity index (χ1) is 8.81. The second-order valence-corrected chi connectivity index (χ2v) is 4.32. The number of rotatable bonds is 5. The van der Waals surface area contributed by atoms with Crippen LogP contribution >= 0.6 is 23.2 Å². The molecule has 0 spiro atoms. The minimum Gasteiger partial charge on any atom is -0.480 e. The predicted molar refractivity (Wildman–Crippen MR) is 67.0 cm³/mol. The van der Waals surface area contributed by atoms with E-state index in [9.17, 15) is 14.4 Å². The molecule has 1 rings (SSSR count). The molecule has 0 bridgehead atoms. The first-order valence-electron chi connectivity index (χ1n) is 4.94. The smallest absolute Gasteiger partial charge is 0.326 e. The molecule has 2 amide bonds. The number of aromatic nitrogens is 1. The number of nitrogens with two attached hydrogens (primary N) is 1. The van der Waals surface area contributed by atoms with E-state index in [2.05, 4.69) is 10.3 Å². The van der Waals surface area contributed by atoms with Crippen LogP contribution in [0.5, 0.6) is 0 Å². The van der Waals surface area contributed by atoms with Gasteiger partial charge in [0.2, 0.25) is 5.91 Å². The van der Waals surface area contributed by atoms with Gasteiger partial charge in [-0.3, -0.25) is 9.59 Å². The highest BCUT2D eigenvalue weighted by atomic mass is 35.5. The van der Waals surface area contributed by atoms with Crippen LogP contribution in [-0.4, -0.2) is 33.9 Å². The Morgan fingerprint density at radius 2 is 2.05 bits per heavy atom. The molecule has 7 nitrogen and oxygen atoms in total. The lowest BCUT2D eigenvalue weighted by Gasteiger charge is -2.13. The van der Waals surface area contributed by atoms with Crippen molar-refractivity contribution in [1.29, 1.82) is 0 Å². The molecule has 0 saturated heterocycles. The number of carboxylic acids is 1. The summed E-state index contributed by atoms with van der Waals surface area (Å²) in [5.41, 5.74) is 4.84. The lowest BCUT2D eigenvalue weighted by molar-refractivity contribution is -0.140. The third kappa shape index (κ3) is 4.38. The van der Waals surface area contributed by atoms with Gasteiger partial charge in [-0.05, 0) is 6.07 Å². The molecular weight excluding hydrogens is 297 g/mol. The van der Waals surface area contributed by atoms with Crippen molar-refractivity contribution in [3.63, 3.8) is 0 Å². The molecule has 4 N–H and O–H groups in total. The Bertz CT molecular complexity index is 536. The zero-order chi connectivity index (χ0) is 14.6. The number of nitrogens with zero attached hydrogens (tertiary/aromatic N) is 1. The van der Waals surface area contributed by atoms with Gasteiger partial charge in [-0.1, -0.05) is 23.2 Å². The molecule has 0 saturated carbocycles. The molecule has 0 aromatic carbocycles. The van der Waals surface area contributed by atoms with E-state index in [0.717, 1.165) is 6.20 Å². The summed E-state index contributed by atoms with van der Waals surface area (Å²) in [6.45, 7) is 0. The minimum absolute atomic E-state index is 0.00473. The van der Waals surface area contributed by atoms with Gasteiger partial charge in [0.25, 0.3) is 5.91 Å². The van der Waals surface area contributed by atoms with E-state index in [1.807, 2.05) is 0 Å². The van der Waals surface area contributed by atoms with Crippen LogP contribution in [0.2, 0.25) is 10.2 Å². The topological polar surface area (TPSA) is 122 Å². The number of hydrogen-bond acceptors (Lipinski definition) is 4. The number of halogens is 2. The molecule has 1 aromatic heterocycles. The van der Waals surface area contributed by atoms with Gasteiger partial charge in [0.1, 0.15) is 11.2 Å². The summed E-state index contributed by atoms with van der Waals surface area (Å²) in [7, 11) is 0. The molecule has 0 aliphatic heterocycles. The van der Waals surface area contributed by atoms with Crippen molar-refractivity contribution in [3.05, 3.63) is 28.0 Å². The quantitative estimate of drug-likeness (QED) is 0.681. The Morgan fingerprint density at radius 1 is 1.42 bits per heavy atom. The van der Waals surface area contributed by atoms with Crippen molar-refractivity contribution in [2.75, 3.05) is 0 Å². The molecule has 0 aliphatic rings. The van der Waals surface area contributed by atoms with E-state index >= 15 is 0 Å². The van der Waals surface area contributed by atoms with E-state index in [1.54, 1.807) is 0 Å². The highest BCUT2D eigenvalue weighted by Crippen LogP contribution is 2.18. The Labute approximate surface area is 117 Å². The SMILES string of the molecule is NC(=O)CC(NC(=O)c1cc(Cl)ncc1Cl)C(=O)O. The molecule has 9 heteroatoms. The normalized spacial score (nSPS) is 11.7. The third-order valence-corrected chi connectivity index (χ3v) is 2.58. The lowest BCUT2D eigenvalue weighted by Crippen LogP contribution is -2.43. The molecule has 19 heavy (non-hydrogen) atoms. The molecule has 1 atom stereocenters. The predicted octanol–water partition coefficient (Wildman–Crippen LogP) is 0.447. The van der Waals surface area contributed by atoms with Crippen LogP contribution in [0.1, 0.15) is 16.8 Å². The van der Waals surface area contributed by atoms with Gasteiger partial charge in [-0.2, -0.15) is 0 Å². The van der Waals surface area contributed by atoms with E-state index in [1.165, 1.54) is 6.07 Å². The number of nitrogens with one attached hydrogen (secondary N) is 1. The van der Waals surface area contributed by atoms with Crippen molar-refractivity contribution >= 4 is 41.0 Å². The van der Waals surface area contributed by atoms with Crippen LogP contribution < -0.4 is 11.1 Å². The standard InChI is InChI=1S/C10H9Cl2N3O4/c11-5-3-14-7(12)1-4(5)9(17)15-6(10(18)19)2-8(13)16/h1,3,6H,2H2,(H2,13,16)(H,15,17)(H,18,19). The monoisotopic (exact) mass is 305 g/mol. The largest absolute Gasteiger partial charge is 0.480 e. The summed E-state index contributed by atoms with van der Waals surface area (Å²) in [5.74, 6) is -3.03. The van der Waals surface area contributed by atoms with Crippen molar-refractivity contribution in [3.8, 4) is 0 Å². The highest BCUT2D eigenvalue weighted by Gasteiger charge is 2.23. The number of carbonyl (C=O) groups excluding carboxylic acids is 2. The van der Waals surface area contributed by atoms with Gasteiger partial charge in [-0.15, -0.1) is 0 Å². The molecule has 0 fully saturated rings. The molecule has 0 radical (unpaired) electrons. The lowest BCUT2D eigenvalue weighted by atomic mass is 10.1. The van der Waals surface area contributed by atoms with Crippen LogP contribution in [0, 0.1) is 0 Å². The molecular formula is C10H9Cl2N3O4. The zero-order valence-electron chi connectivity index (χ0n) is 9.39. The van der Waals surface area contributed by atoms with E-state index in [0.29, 0.717) is 0 Å². The van der Waals surface area contributed by atoms with Crippen molar-refractivity contribution in [2.24, 2.45) is 5.73 Å². The van der Waals surface area contributed by atoms with Gasteiger partial charge in [0, 0.05) is 6.20 Å². The fourth-order valence-electron chi connectivity index (χ4n) is 1.22. The number of hydrogen-bond donors (Lipinski definition) is 3. The van der Waals surface area contributed by atoms with Crippen molar-refractivity contribution in [2.45, 2.75) is 12.5 Å². The fraction of sp³-hybridized carbons (Fsp3) is 0.200. The van der Waals surface area contributed by atoms with E-state index in [-0.39, 0.29) is 15.7 Å². The number of amides is 2. The molecule has 0 aliphatic carbocycles. The van der Waals surface area contributed by atoms with Gasteiger partial charge < -0.3 is 16.2 Å². The Kier molecular flexibility index (Phi) is 5.08. The summed E-state index contributed by atoms with van der Waals surface area (Å²) in [6, 6.07) is -0.254. The van der Waals surface area contributed by atoms with Crippen LogP contribution in [0.25, 0.3) is 0 Å². The van der Waals surface area contributed by atoms with Crippen LogP contribution in [0.4, 0.5) is 0 Å². The van der Waals surface area contributed by atoms with Crippen LogP contribution in [0.3, 0.4) is 0 Å². The maximum absolute atomic E-state index is 11.8. The first-order valence-corrected chi connectivity index (χ1v) is 5.70. The molecule has 1 aromatic rings. The summed E-state index contributed by atoms with van der Waals surface area (Å²) < 4.78 is 0. The van der Waals surface area contributed by atoms with Crippen molar-refractivity contribution in [1.82, 2.24) is 10.3 Å². The Balaban J connectivity index is 2.90. The van der Waals surface area contributed by atoms with Gasteiger partial charge >= 0.3 is 5.97 Å². The number of pyridine rings is 1. The van der Waals surface area contributed by atoms with E-state index < -0.39 is 30.2 Å². The average Bonchev–Trinajstić information content (AvgIpc) is 2.30. The summed E-state index contributed by atoms with van der Waals surface area (Å²) in [6.07, 6.45) is 0.625. The number of carbonyl (C=O) groups is 3. The van der Waals surface area contributed by atoms with Gasteiger partial charge in [0.15, 0.2) is 0 Å². The van der Waals surface area contributed by atoms with E-state index in [4.69, 9.17) is 34.0 Å². The number of carboxylic acid groups (broad SMARTS) is 1. The maximum atomic E-state index is 11.8. The summed E-state index contributed by atoms with van der Waals surface area (Å²) >= 11 is 11.3. The number of aliphatic carboxylic acids is 1. The van der Waals surface area contributed by atoms with Gasteiger partial charge in [-0.25, -0.2) is 9.78 Å². The van der Waals surface area contributed by atoms with Crippen molar-refractivity contribution < 1.29 is 19.5 Å². The minimum atomic E-state index is -1.44. The van der Waals surface area contributed by atoms with Crippen LogP contribution in [0.15, 0.2) is 12.3 Å². The highest BCUT2D eigenvalue weighted by molar-refractivity contribution is 6.35. The summed E-state index contributed by atoms with van der Waals surface area (Å²) in [4.78, 5) is 37.0.